The summed E-state index contributed by atoms with van der Waals surface area (Å²) in [4.78, 5) is 36.4. The number of aliphatic hydroxyl groups excluding tert-OH is 1. The zero-order valence-electron chi connectivity index (χ0n) is 21.6. The van der Waals surface area contributed by atoms with Crippen molar-refractivity contribution in [1.82, 2.24) is 0 Å². The van der Waals surface area contributed by atoms with E-state index in [4.69, 9.17) is 14.2 Å². The minimum absolute atomic E-state index is 0.109. The molecule has 0 aromatic heterocycles. The molecule has 0 aromatic carbocycles. The lowest BCUT2D eigenvalue weighted by molar-refractivity contribution is -0.282. The third-order valence-electron chi connectivity index (χ3n) is 9.11. The van der Waals surface area contributed by atoms with Gasteiger partial charge in [0, 0.05) is 18.6 Å². The molecule has 8 heteroatoms. The minimum atomic E-state index is -1.59. The molecule has 1 heterocycles. The van der Waals surface area contributed by atoms with Gasteiger partial charge in [-0.2, -0.15) is 0 Å². The lowest BCUT2D eigenvalue weighted by atomic mass is 9.42. The molecule has 0 spiro atoms. The highest BCUT2D eigenvalue weighted by atomic mass is 16.6. The number of fused-ring (bicyclic) bond motifs is 1. The maximum absolute atomic E-state index is 12.7. The van der Waals surface area contributed by atoms with Crippen molar-refractivity contribution in [1.29, 1.82) is 0 Å². The SMILES string of the molecule is C/C=C(\C)C(=O)OC[C@@]12[C@@H](OC(C)=O)C[C@@H](C)[C@](C)(CCC3=CC(=O)OC3)[C@H]1CCC[C@]2(O)CO. The molecule has 2 fully saturated rings. The van der Waals surface area contributed by atoms with E-state index in [0.717, 1.165) is 18.4 Å². The highest BCUT2D eigenvalue weighted by Crippen LogP contribution is 2.65. The summed E-state index contributed by atoms with van der Waals surface area (Å²) in [6.45, 7) is 8.62. The fraction of sp³-hybridized carbons (Fsp3) is 0.741. The van der Waals surface area contributed by atoms with Crippen molar-refractivity contribution in [3.05, 3.63) is 23.3 Å². The van der Waals surface area contributed by atoms with Gasteiger partial charge in [0.1, 0.15) is 24.9 Å². The lowest BCUT2D eigenvalue weighted by Crippen LogP contribution is -2.71. The summed E-state index contributed by atoms with van der Waals surface area (Å²) in [5.41, 5.74) is -1.73. The molecule has 3 rings (SSSR count). The Morgan fingerprint density at radius 3 is 2.60 bits per heavy atom. The molecule has 0 aromatic rings. The van der Waals surface area contributed by atoms with E-state index in [0.29, 0.717) is 31.3 Å². The molecule has 1 aliphatic heterocycles. The smallest absolute Gasteiger partial charge is 0.333 e. The van der Waals surface area contributed by atoms with Crippen LogP contribution in [0.1, 0.15) is 73.1 Å². The summed E-state index contributed by atoms with van der Waals surface area (Å²) in [6, 6.07) is 0. The van der Waals surface area contributed by atoms with Crippen molar-refractivity contribution in [3.8, 4) is 0 Å². The van der Waals surface area contributed by atoms with Crippen molar-refractivity contribution in [2.75, 3.05) is 19.8 Å². The highest BCUT2D eigenvalue weighted by molar-refractivity contribution is 5.87. The Morgan fingerprint density at radius 1 is 1.31 bits per heavy atom. The predicted octanol–water partition coefficient (Wildman–Crippen LogP) is 3.25. The number of hydrogen-bond acceptors (Lipinski definition) is 8. The van der Waals surface area contributed by atoms with Crippen LogP contribution in [0.15, 0.2) is 23.3 Å². The van der Waals surface area contributed by atoms with E-state index in [2.05, 4.69) is 13.8 Å². The van der Waals surface area contributed by atoms with E-state index in [1.165, 1.54) is 6.92 Å². The van der Waals surface area contributed by atoms with Gasteiger partial charge in [-0.25, -0.2) is 9.59 Å². The summed E-state index contributed by atoms with van der Waals surface area (Å²) in [5.74, 6) is -1.40. The fourth-order valence-corrected chi connectivity index (χ4v) is 6.73. The third kappa shape index (κ3) is 4.92. The molecule has 0 saturated heterocycles. The molecular formula is C27H40O8. The molecule has 8 nitrogen and oxygen atoms in total. The largest absolute Gasteiger partial charge is 0.462 e. The second kappa shape index (κ2) is 10.4. The number of hydrogen-bond donors (Lipinski definition) is 2. The number of esters is 3. The van der Waals surface area contributed by atoms with E-state index in [9.17, 15) is 24.6 Å². The summed E-state index contributed by atoms with van der Waals surface area (Å²) in [6.07, 6.45) is 6.05. The molecular weight excluding hydrogens is 452 g/mol. The van der Waals surface area contributed by atoms with Crippen molar-refractivity contribution in [3.63, 3.8) is 0 Å². The summed E-state index contributed by atoms with van der Waals surface area (Å²) >= 11 is 0. The number of aliphatic hydroxyl groups is 2. The Bertz CT molecular complexity index is 907. The zero-order chi connectivity index (χ0) is 26.0. The van der Waals surface area contributed by atoms with Gasteiger partial charge in [0.05, 0.1) is 12.0 Å². The monoisotopic (exact) mass is 492 g/mol. The van der Waals surface area contributed by atoms with E-state index in [1.54, 1.807) is 26.0 Å². The van der Waals surface area contributed by atoms with Crippen molar-refractivity contribution in [2.45, 2.75) is 84.8 Å². The molecule has 0 radical (unpaired) electrons. The van der Waals surface area contributed by atoms with Crippen LogP contribution in [0.25, 0.3) is 0 Å². The van der Waals surface area contributed by atoms with Crippen LogP contribution < -0.4 is 0 Å². The van der Waals surface area contributed by atoms with Crippen molar-refractivity contribution < 1.29 is 38.8 Å². The van der Waals surface area contributed by atoms with E-state index in [-0.39, 0.29) is 36.4 Å². The van der Waals surface area contributed by atoms with Crippen LogP contribution in [0, 0.1) is 22.7 Å². The van der Waals surface area contributed by atoms with Crippen LogP contribution in [0.3, 0.4) is 0 Å². The topological polar surface area (TPSA) is 119 Å². The Balaban J connectivity index is 2.07. The Morgan fingerprint density at radius 2 is 2.03 bits per heavy atom. The zero-order valence-corrected chi connectivity index (χ0v) is 21.6. The second-order valence-electron chi connectivity index (χ2n) is 10.9. The van der Waals surface area contributed by atoms with Crippen LogP contribution >= 0.6 is 0 Å². The molecule has 196 valence electrons. The number of carbonyl (C=O) groups is 3. The summed E-state index contributed by atoms with van der Waals surface area (Å²) in [5, 5.41) is 22.4. The molecule has 0 amide bonds. The molecule has 35 heavy (non-hydrogen) atoms. The van der Waals surface area contributed by atoms with Crippen LogP contribution in [0.5, 0.6) is 0 Å². The fourth-order valence-electron chi connectivity index (χ4n) is 6.73. The van der Waals surface area contributed by atoms with Crippen LogP contribution in [0.4, 0.5) is 0 Å². The number of rotatable bonds is 8. The standard InChI is InChI=1S/C27H40O8/c1-6-17(2)24(31)34-16-27-21(8-7-10-26(27,32)15-28)25(5,11-9-20-13-23(30)33-14-20)18(3)12-22(27)35-19(4)29/h6,13,18,21-22,28,32H,7-12,14-16H2,1-5H3/b17-6+/t18-,21-,22+,25+,26+,27+/m1/s1. The molecule has 3 aliphatic rings. The van der Waals surface area contributed by atoms with Crippen LogP contribution in [0.2, 0.25) is 0 Å². The number of allylic oxidation sites excluding steroid dienone is 1. The second-order valence-corrected chi connectivity index (χ2v) is 10.9. The highest BCUT2D eigenvalue weighted by Gasteiger charge is 2.69. The molecule has 6 atom stereocenters. The van der Waals surface area contributed by atoms with Crippen molar-refractivity contribution >= 4 is 17.9 Å². The molecule has 0 bridgehead atoms. The first-order chi connectivity index (χ1) is 16.4. The number of cyclic esters (lactones) is 1. The first kappa shape index (κ1) is 27.4. The van der Waals surface area contributed by atoms with Crippen molar-refractivity contribution in [2.24, 2.45) is 22.7 Å². The van der Waals surface area contributed by atoms with Crippen LogP contribution in [-0.4, -0.2) is 59.6 Å². The lowest BCUT2D eigenvalue weighted by Gasteiger charge is -2.65. The molecule has 0 unspecified atom stereocenters. The van der Waals surface area contributed by atoms with Gasteiger partial charge in [0.25, 0.3) is 0 Å². The molecule has 2 N–H and O–H groups in total. The maximum atomic E-state index is 12.7. The molecule has 2 saturated carbocycles. The Hall–Kier alpha value is -2.19. The third-order valence-corrected chi connectivity index (χ3v) is 9.11. The van der Waals surface area contributed by atoms with Gasteiger partial charge in [-0.05, 0) is 68.8 Å². The van der Waals surface area contributed by atoms with Gasteiger partial charge in [-0.3, -0.25) is 4.79 Å². The summed E-state index contributed by atoms with van der Waals surface area (Å²) < 4.78 is 16.7. The average Bonchev–Trinajstić information content (AvgIpc) is 3.24. The van der Waals surface area contributed by atoms with Crippen LogP contribution in [-0.2, 0) is 28.6 Å². The van der Waals surface area contributed by atoms with Gasteiger partial charge in [0.15, 0.2) is 0 Å². The normalized spacial score (nSPS) is 37.2. The predicted molar refractivity (Wildman–Crippen MR) is 128 cm³/mol. The van der Waals surface area contributed by atoms with Gasteiger partial charge in [-0.1, -0.05) is 26.3 Å². The first-order valence-corrected chi connectivity index (χ1v) is 12.6. The number of ether oxygens (including phenoxy) is 3. The minimum Gasteiger partial charge on any atom is -0.462 e. The molecule has 2 aliphatic carbocycles. The van der Waals surface area contributed by atoms with E-state index >= 15 is 0 Å². The van der Waals surface area contributed by atoms with Gasteiger partial charge >= 0.3 is 17.9 Å². The Labute approximate surface area is 207 Å². The van der Waals surface area contributed by atoms with Gasteiger partial charge in [0.2, 0.25) is 0 Å². The van der Waals surface area contributed by atoms with E-state index in [1.807, 2.05) is 0 Å². The quantitative estimate of drug-likeness (QED) is 0.301. The van der Waals surface area contributed by atoms with E-state index < -0.39 is 35.7 Å². The van der Waals surface area contributed by atoms with Gasteiger partial charge < -0.3 is 24.4 Å². The average molecular weight is 493 g/mol. The summed E-state index contributed by atoms with van der Waals surface area (Å²) in [7, 11) is 0. The number of carbonyl (C=O) groups excluding carboxylic acids is 3. The first-order valence-electron chi connectivity index (χ1n) is 12.6. The Kier molecular flexibility index (Phi) is 8.16. The maximum Gasteiger partial charge on any atom is 0.333 e. The van der Waals surface area contributed by atoms with Gasteiger partial charge in [-0.15, -0.1) is 0 Å².